The molecule has 2 aromatic carbocycles. The molecule has 0 heterocycles. The van der Waals surface area contributed by atoms with Gasteiger partial charge in [-0.15, -0.1) is 0 Å². The largest absolute Gasteiger partial charge is 0.465 e. The van der Waals surface area contributed by atoms with Crippen molar-refractivity contribution in [2.45, 2.75) is 13.0 Å². The highest BCUT2D eigenvalue weighted by molar-refractivity contribution is 5.95. The third kappa shape index (κ3) is 3.93. The number of carbonyl (C=O) groups excluding carboxylic acids is 2. The Hall–Kier alpha value is -2.66. The topological polar surface area (TPSA) is 75.6 Å². The van der Waals surface area contributed by atoms with E-state index in [0.717, 1.165) is 5.56 Å². The SMILES string of the molecule is COC(=O)c1ccc(NC(=O)Cc2ccccc2)cc1CO. The van der Waals surface area contributed by atoms with Gasteiger partial charge in [0, 0.05) is 5.69 Å². The Kier molecular flexibility index (Phi) is 5.27. The summed E-state index contributed by atoms with van der Waals surface area (Å²) in [6.07, 6.45) is 0.258. The zero-order chi connectivity index (χ0) is 15.9. The number of rotatable bonds is 5. The second-order valence-electron chi connectivity index (χ2n) is 4.73. The maximum Gasteiger partial charge on any atom is 0.338 e. The summed E-state index contributed by atoms with van der Waals surface area (Å²) < 4.78 is 4.64. The van der Waals surface area contributed by atoms with E-state index in [1.54, 1.807) is 12.1 Å². The summed E-state index contributed by atoms with van der Waals surface area (Å²) in [5, 5.41) is 12.1. The van der Waals surface area contributed by atoms with Crippen LogP contribution in [0.25, 0.3) is 0 Å². The molecule has 1 amide bonds. The molecule has 0 unspecified atom stereocenters. The lowest BCUT2D eigenvalue weighted by Crippen LogP contribution is -2.15. The van der Waals surface area contributed by atoms with Crippen molar-refractivity contribution in [1.82, 2.24) is 0 Å². The Morgan fingerprint density at radius 1 is 1.14 bits per heavy atom. The molecule has 5 heteroatoms. The lowest BCUT2D eigenvalue weighted by molar-refractivity contribution is -0.115. The second kappa shape index (κ2) is 7.38. The number of aliphatic hydroxyl groups is 1. The van der Waals surface area contributed by atoms with E-state index in [1.165, 1.54) is 13.2 Å². The Balaban J connectivity index is 2.10. The number of aliphatic hydroxyl groups excluding tert-OH is 1. The van der Waals surface area contributed by atoms with Crippen molar-refractivity contribution in [3.8, 4) is 0 Å². The zero-order valence-electron chi connectivity index (χ0n) is 12.2. The number of methoxy groups -OCH3 is 1. The highest BCUT2D eigenvalue weighted by Gasteiger charge is 2.12. The van der Waals surface area contributed by atoms with E-state index in [1.807, 2.05) is 30.3 Å². The van der Waals surface area contributed by atoms with Crippen molar-refractivity contribution in [3.63, 3.8) is 0 Å². The first-order valence-corrected chi connectivity index (χ1v) is 6.80. The van der Waals surface area contributed by atoms with Crippen molar-refractivity contribution in [2.75, 3.05) is 12.4 Å². The summed E-state index contributed by atoms with van der Waals surface area (Å²) >= 11 is 0. The highest BCUT2D eigenvalue weighted by Crippen LogP contribution is 2.17. The Morgan fingerprint density at radius 3 is 2.50 bits per heavy atom. The Bertz CT molecular complexity index is 668. The molecule has 114 valence electrons. The lowest BCUT2D eigenvalue weighted by atomic mass is 10.1. The van der Waals surface area contributed by atoms with Crippen molar-refractivity contribution < 1.29 is 19.4 Å². The van der Waals surface area contributed by atoms with Crippen LogP contribution in [-0.4, -0.2) is 24.1 Å². The quantitative estimate of drug-likeness (QED) is 0.829. The van der Waals surface area contributed by atoms with E-state index in [4.69, 9.17) is 0 Å². The van der Waals surface area contributed by atoms with Gasteiger partial charge in [-0.3, -0.25) is 4.79 Å². The Labute approximate surface area is 128 Å². The van der Waals surface area contributed by atoms with E-state index < -0.39 is 5.97 Å². The van der Waals surface area contributed by atoms with Crippen LogP contribution in [0.2, 0.25) is 0 Å². The number of nitrogens with one attached hydrogen (secondary N) is 1. The van der Waals surface area contributed by atoms with Gasteiger partial charge in [-0.1, -0.05) is 30.3 Å². The predicted molar refractivity (Wildman–Crippen MR) is 82.5 cm³/mol. The van der Waals surface area contributed by atoms with Crippen LogP contribution in [0, 0.1) is 0 Å². The summed E-state index contributed by atoms with van der Waals surface area (Å²) in [7, 11) is 1.28. The first-order chi connectivity index (χ1) is 10.6. The van der Waals surface area contributed by atoms with Gasteiger partial charge in [0.2, 0.25) is 5.91 Å². The molecule has 2 N–H and O–H groups in total. The van der Waals surface area contributed by atoms with E-state index in [-0.39, 0.29) is 24.5 Å². The van der Waals surface area contributed by atoms with Crippen LogP contribution in [0.5, 0.6) is 0 Å². The number of ether oxygens (including phenoxy) is 1. The molecule has 0 aliphatic heterocycles. The van der Waals surface area contributed by atoms with Gasteiger partial charge < -0.3 is 15.2 Å². The number of esters is 1. The normalized spacial score (nSPS) is 10.1. The number of benzene rings is 2. The smallest absolute Gasteiger partial charge is 0.338 e. The molecule has 5 nitrogen and oxygen atoms in total. The van der Waals surface area contributed by atoms with E-state index >= 15 is 0 Å². The van der Waals surface area contributed by atoms with Crippen LogP contribution < -0.4 is 5.32 Å². The summed E-state index contributed by atoms with van der Waals surface area (Å²) in [4.78, 5) is 23.5. The number of anilines is 1. The van der Waals surface area contributed by atoms with Crippen LogP contribution in [-0.2, 0) is 22.6 Å². The van der Waals surface area contributed by atoms with Crippen molar-refractivity contribution in [3.05, 3.63) is 65.2 Å². The van der Waals surface area contributed by atoms with Crippen molar-refractivity contribution in [2.24, 2.45) is 0 Å². The number of hydrogen-bond donors (Lipinski definition) is 2. The predicted octanol–water partition coefficient (Wildman–Crippen LogP) is 2.15. The highest BCUT2D eigenvalue weighted by atomic mass is 16.5. The van der Waals surface area contributed by atoms with Gasteiger partial charge in [0.15, 0.2) is 0 Å². The third-order valence-corrected chi connectivity index (χ3v) is 3.17. The van der Waals surface area contributed by atoms with Gasteiger partial charge in [-0.05, 0) is 29.3 Å². The number of hydrogen-bond acceptors (Lipinski definition) is 4. The molecule has 0 atom stereocenters. The average Bonchev–Trinajstić information content (AvgIpc) is 2.54. The van der Waals surface area contributed by atoms with E-state index in [9.17, 15) is 14.7 Å². The van der Waals surface area contributed by atoms with Crippen molar-refractivity contribution >= 4 is 17.6 Å². The van der Waals surface area contributed by atoms with Crippen LogP contribution in [0.15, 0.2) is 48.5 Å². The van der Waals surface area contributed by atoms with Crippen molar-refractivity contribution in [1.29, 1.82) is 0 Å². The first kappa shape index (κ1) is 15.7. The lowest BCUT2D eigenvalue weighted by Gasteiger charge is -2.10. The third-order valence-electron chi connectivity index (χ3n) is 3.17. The van der Waals surface area contributed by atoms with Gasteiger partial charge >= 0.3 is 5.97 Å². The summed E-state index contributed by atoms with van der Waals surface area (Å²) in [6.45, 7) is -0.313. The minimum Gasteiger partial charge on any atom is -0.465 e. The molecular formula is C17H17NO4. The molecule has 0 spiro atoms. The fourth-order valence-electron chi connectivity index (χ4n) is 2.10. The van der Waals surface area contributed by atoms with Gasteiger partial charge in [-0.25, -0.2) is 4.79 Å². The zero-order valence-corrected chi connectivity index (χ0v) is 12.2. The van der Waals surface area contributed by atoms with E-state index in [0.29, 0.717) is 11.3 Å². The molecule has 2 aromatic rings. The van der Waals surface area contributed by atoms with Gasteiger partial charge in [0.1, 0.15) is 0 Å². The molecule has 0 aliphatic rings. The monoisotopic (exact) mass is 299 g/mol. The minimum atomic E-state index is -0.522. The fraction of sp³-hybridized carbons (Fsp3) is 0.176. The van der Waals surface area contributed by atoms with Gasteiger partial charge in [0.25, 0.3) is 0 Å². The Morgan fingerprint density at radius 2 is 1.86 bits per heavy atom. The molecule has 0 aliphatic carbocycles. The molecule has 2 rings (SSSR count). The number of carbonyl (C=O) groups is 2. The summed E-state index contributed by atoms with van der Waals surface area (Å²) in [6, 6.07) is 14.1. The van der Waals surface area contributed by atoms with Gasteiger partial charge in [0.05, 0.1) is 25.7 Å². The number of amides is 1. The van der Waals surface area contributed by atoms with Crippen LogP contribution in [0.4, 0.5) is 5.69 Å². The molecule has 0 radical (unpaired) electrons. The maximum atomic E-state index is 12.0. The van der Waals surface area contributed by atoms with Crippen LogP contribution >= 0.6 is 0 Å². The molecule has 22 heavy (non-hydrogen) atoms. The molecule has 0 saturated heterocycles. The van der Waals surface area contributed by atoms with Gasteiger partial charge in [-0.2, -0.15) is 0 Å². The van der Waals surface area contributed by atoms with E-state index in [2.05, 4.69) is 10.1 Å². The average molecular weight is 299 g/mol. The van der Waals surface area contributed by atoms with Crippen LogP contribution in [0.1, 0.15) is 21.5 Å². The molecule has 0 bridgehead atoms. The standard InChI is InChI=1S/C17H17NO4/c1-22-17(21)15-8-7-14(10-13(15)11-19)18-16(20)9-12-5-3-2-4-6-12/h2-8,10,19H,9,11H2,1H3,(H,18,20). The molecule has 0 fully saturated rings. The maximum absolute atomic E-state index is 12.0. The second-order valence-corrected chi connectivity index (χ2v) is 4.73. The fourth-order valence-corrected chi connectivity index (χ4v) is 2.10. The molecule has 0 saturated carbocycles. The first-order valence-electron chi connectivity index (χ1n) is 6.80. The summed E-state index contributed by atoms with van der Waals surface area (Å²) in [5.41, 5.74) is 2.13. The summed E-state index contributed by atoms with van der Waals surface area (Å²) in [5.74, 6) is -0.688. The minimum absolute atomic E-state index is 0.166. The molecular weight excluding hydrogens is 282 g/mol. The van der Waals surface area contributed by atoms with Crippen LogP contribution in [0.3, 0.4) is 0 Å². The molecule has 0 aromatic heterocycles.